The van der Waals surface area contributed by atoms with E-state index in [2.05, 4.69) is 45.8 Å². The molecule has 3 rings (SSSR count). The Balaban J connectivity index is 1.91. The molecular formula is C17H19N3S. The van der Waals surface area contributed by atoms with E-state index < -0.39 is 5.54 Å². The fourth-order valence-electron chi connectivity index (χ4n) is 2.33. The molecule has 3 aromatic rings. The van der Waals surface area contributed by atoms with Crippen LogP contribution in [-0.4, -0.2) is 9.38 Å². The van der Waals surface area contributed by atoms with Gasteiger partial charge in [-0.25, -0.2) is 4.98 Å². The first kappa shape index (κ1) is 14.2. The van der Waals surface area contributed by atoms with Gasteiger partial charge < -0.3 is 10.1 Å². The number of rotatable bonds is 4. The summed E-state index contributed by atoms with van der Waals surface area (Å²) in [7, 11) is 0. The van der Waals surface area contributed by atoms with Crippen LogP contribution in [0.15, 0.2) is 59.8 Å². The minimum absolute atomic E-state index is 0.449. The monoisotopic (exact) mass is 297 g/mol. The lowest BCUT2D eigenvalue weighted by atomic mass is 10.1. The number of fused-ring (bicyclic) bond motifs is 1. The van der Waals surface area contributed by atoms with Gasteiger partial charge in [0.15, 0.2) is 0 Å². The van der Waals surface area contributed by atoms with Crippen molar-refractivity contribution >= 4 is 17.3 Å². The maximum Gasteiger partial charge on any atom is 0.132 e. The Morgan fingerprint density at radius 3 is 2.62 bits per heavy atom. The average molecular weight is 297 g/mol. The van der Waals surface area contributed by atoms with Gasteiger partial charge in [-0.3, -0.25) is 0 Å². The highest BCUT2D eigenvalue weighted by Crippen LogP contribution is 2.29. The fourth-order valence-corrected chi connectivity index (χ4v) is 3.32. The maximum absolute atomic E-state index is 6.19. The van der Waals surface area contributed by atoms with Crippen LogP contribution in [0.5, 0.6) is 0 Å². The lowest BCUT2D eigenvalue weighted by Crippen LogP contribution is -2.31. The van der Waals surface area contributed by atoms with Gasteiger partial charge in [0, 0.05) is 16.8 Å². The third-order valence-electron chi connectivity index (χ3n) is 3.35. The van der Waals surface area contributed by atoms with Crippen molar-refractivity contribution in [2.45, 2.75) is 30.0 Å². The summed E-state index contributed by atoms with van der Waals surface area (Å²) in [6.45, 7) is 3.96. The minimum atomic E-state index is -0.449. The summed E-state index contributed by atoms with van der Waals surface area (Å²) in [5, 5.41) is 0. The zero-order valence-electron chi connectivity index (χ0n) is 12.3. The highest BCUT2D eigenvalue weighted by atomic mass is 32.2. The number of benzene rings is 1. The second-order valence-corrected chi connectivity index (χ2v) is 6.72. The second kappa shape index (κ2) is 5.54. The van der Waals surface area contributed by atoms with E-state index in [0.717, 1.165) is 17.1 Å². The van der Waals surface area contributed by atoms with Crippen LogP contribution in [0.3, 0.4) is 0 Å². The molecule has 0 radical (unpaired) electrons. The largest absolute Gasteiger partial charge is 0.319 e. The van der Waals surface area contributed by atoms with Crippen molar-refractivity contribution in [3.8, 4) is 0 Å². The normalized spacial score (nSPS) is 12.0. The van der Waals surface area contributed by atoms with Crippen LogP contribution in [0.2, 0.25) is 0 Å². The first-order valence-electron chi connectivity index (χ1n) is 6.98. The molecule has 0 aliphatic heterocycles. The molecule has 4 heteroatoms. The van der Waals surface area contributed by atoms with Gasteiger partial charge in [0.1, 0.15) is 5.82 Å². The van der Waals surface area contributed by atoms with Crippen molar-refractivity contribution in [1.82, 2.24) is 9.38 Å². The summed E-state index contributed by atoms with van der Waals surface area (Å²) >= 11 is 1.83. The van der Waals surface area contributed by atoms with Crippen molar-refractivity contribution in [1.29, 1.82) is 0 Å². The molecule has 0 atom stereocenters. The Labute approximate surface area is 129 Å². The lowest BCUT2D eigenvalue weighted by Gasteiger charge is -2.17. The van der Waals surface area contributed by atoms with Crippen molar-refractivity contribution in [3.63, 3.8) is 0 Å². The van der Waals surface area contributed by atoms with E-state index in [9.17, 15) is 0 Å². The molecule has 0 unspecified atom stereocenters. The highest BCUT2D eigenvalue weighted by molar-refractivity contribution is 7.98. The predicted octanol–water partition coefficient (Wildman–Crippen LogP) is 3.82. The van der Waals surface area contributed by atoms with E-state index in [1.807, 2.05) is 44.1 Å². The summed E-state index contributed by atoms with van der Waals surface area (Å²) in [4.78, 5) is 5.73. The lowest BCUT2D eigenvalue weighted by molar-refractivity contribution is 0.511. The SMILES string of the molecule is CC(C)(N)c1ncc2c(SCc3ccccc3)cccn12. The summed E-state index contributed by atoms with van der Waals surface area (Å²) in [5.41, 5.74) is 8.18. The van der Waals surface area contributed by atoms with Crippen molar-refractivity contribution in [2.75, 3.05) is 0 Å². The van der Waals surface area contributed by atoms with Crippen LogP contribution < -0.4 is 5.73 Å². The van der Waals surface area contributed by atoms with Crippen LogP contribution in [0.25, 0.3) is 5.52 Å². The van der Waals surface area contributed by atoms with Gasteiger partial charge >= 0.3 is 0 Å². The summed E-state index contributed by atoms with van der Waals surface area (Å²) in [6, 6.07) is 14.7. The number of hydrogen-bond acceptors (Lipinski definition) is 3. The van der Waals surface area contributed by atoms with E-state index in [1.54, 1.807) is 0 Å². The van der Waals surface area contributed by atoms with Crippen LogP contribution in [0, 0.1) is 0 Å². The molecule has 3 nitrogen and oxygen atoms in total. The van der Waals surface area contributed by atoms with E-state index in [0.29, 0.717) is 0 Å². The summed E-state index contributed by atoms with van der Waals surface area (Å²) in [5.74, 6) is 1.84. The molecule has 21 heavy (non-hydrogen) atoms. The molecule has 0 fully saturated rings. The van der Waals surface area contributed by atoms with Gasteiger partial charge in [-0.2, -0.15) is 0 Å². The molecule has 0 bridgehead atoms. The van der Waals surface area contributed by atoms with Crippen LogP contribution >= 0.6 is 11.8 Å². The Morgan fingerprint density at radius 2 is 1.90 bits per heavy atom. The first-order chi connectivity index (χ1) is 10.1. The molecule has 2 N–H and O–H groups in total. The molecule has 2 heterocycles. The van der Waals surface area contributed by atoms with Gasteiger partial charge in [-0.1, -0.05) is 30.3 Å². The van der Waals surface area contributed by atoms with Crippen LogP contribution in [0.4, 0.5) is 0 Å². The van der Waals surface area contributed by atoms with Gasteiger partial charge in [-0.15, -0.1) is 11.8 Å². The zero-order valence-corrected chi connectivity index (χ0v) is 13.1. The number of pyridine rings is 1. The smallest absolute Gasteiger partial charge is 0.132 e. The van der Waals surface area contributed by atoms with E-state index >= 15 is 0 Å². The molecular weight excluding hydrogens is 278 g/mol. The van der Waals surface area contributed by atoms with Gasteiger partial charge in [-0.05, 0) is 31.5 Å². The summed E-state index contributed by atoms with van der Waals surface area (Å²) < 4.78 is 2.09. The quantitative estimate of drug-likeness (QED) is 0.744. The Morgan fingerprint density at radius 1 is 1.14 bits per heavy atom. The molecule has 0 aliphatic rings. The topological polar surface area (TPSA) is 43.3 Å². The number of thioether (sulfide) groups is 1. The molecule has 0 saturated heterocycles. The molecule has 0 amide bonds. The number of nitrogens with zero attached hydrogens (tertiary/aromatic N) is 2. The Kier molecular flexibility index (Phi) is 3.74. The van der Waals surface area contributed by atoms with E-state index in [-0.39, 0.29) is 0 Å². The van der Waals surface area contributed by atoms with Crippen LogP contribution in [0.1, 0.15) is 25.2 Å². The van der Waals surface area contributed by atoms with E-state index in [4.69, 9.17) is 5.73 Å². The van der Waals surface area contributed by atoms with Crippen molar-refractivity contribution in [3.05, 3.63) is 66.2 Å². The Bertz CT molecular complexity index is 742. The Hall–Kier alpha value is -1.78. The summed E-state index contributed by atoms with van der Waals surface area (Å²) in [6.07, 6.45) is 3.94. The standard InChI is InChI=1S/C17H19N3S/c1-17(2,18)16-19-11-14-15(9-6-10-20(14)16)21-12-13-7-4-3-5-8-13/h3-11H,12,18H2,1-2H3. The molecule has 0 aliphatic carbocycles. The van der Waals surface area contributed by atoms with Crippen molar-refractivity contribution in [2.24, 2.45) is 5.73 Å². The zero-order chi connectivity index (χ0) is 14.9. The third-order valence-corrected chi connectivity index (χ3v) is 4.48. The van der Waals surface area contributed by atoms with Gasteiger partial charge in [0.25, 0.3) is 0 Å². The van der Waals surface area contributed by atoms with Crippen LogP contribution in [-0.2, 0) is 11.3 Å². The molecule has 108 valence electrons. The van der Waals surface area contributed by atoms with Gasteiger partial charge in [0.2, 0.25) is 0 Å². The minimum Gasteiger partial charge on any atom is -0.319 e. The number of hydrogen-bond donors (Lipinski definition) is 1. The van der Waals surface area contributed by atoms with E-state index in [1.165, 1.54) is 10.5 Å². The molecule has 2 aromatic heterocycles. The maximum atomic E-state index is 6.19. The molecule has 0 spiro atoms. The average Bonchev–Trinajstić information content (AvgIpc) is 2.90. The molecule has 1 aromatic carbocycles. The second-order valence-electron chi connectivity index (χ2n) is 5.71. The predicted molar refractivity (Wildman–Crippen MR) is 88.4 cm³/mol. The number of imidazole rings is 1. The number of nitrogens with two attached hydrogens (primary N) is 1. The highest BCUT2D eigenvalue weighted by Gasteiger charge is 2.20. The first-order valence-corrected chi connectivity index (χ1v) is 7.96. The number of aromatic nitrogens is 2. The molecule has 0 saturated carbocycles. The van der Waals surface area contributed by atoms with Crippen molar-refractivity contribution < 1.29 is 0 Å². The third kappa shape index (κ3) is 2.96. The fraction of sp³-hybridized carbons (Fsp3) is 0.235. The van der Waals surface area contributed by atoms with Gasteiger partial charge in [0.05, 0.1) is 17.3 Å².